The molecule has 0 saturated heterocycles. The number of rotatable bonds is 5. The Labute approximate surface area is 149 Å². The van der Waals surface area contributed by atoms with Crippen molar-refractivity contribution in [3.8, 4) is 0 Å². The van der Waals surface area contributed by atoms with E-state index < -0.39 is 9.84 Å². The Morgan fingerprint density at radius 3 is 1.75 bits per heavy atom. The lowest BCUT2D eigenvalue weighted by Crippen LogP contribution is -2.00. The maximum absolute atomic E-state index is 11.1. The maximum Gasteiger partial charge on any atom is 0.151 e. The van der Waals surface area contributed by atoms with Crippen LogP contribution in [0.5, 0.6) is 0 Å². The number of fused-ring (bicyclic) bond motifs is 1. The molecule has 0 aliphatic carbocycles. The Morgan fingerprint density at radius 2 is 1.29 bits per heavy atom. The lowest BCUT2D eigenvalue weighted by Gasteiger charge is -2.02. The Bertz CT molecular complexity index is 656. The third kappa shape index (κ3) is 11.2. The first-order chi connectivity index (χ1) is 11.4. The van der Waals surface area contributed by atoms with E-state index in [0.717, 1.165) is 16.3 Å². The largest absolute Gasteiger partial charge is 0.229 e. The molecule has 2 aromatic rings. The van der Waals surface area contributed by atoms with E-state index in [0.29, 0.717) is 0 Å². The van der Waals surface area contributed by atoms with Crippen LogP contribution in [-0.4, -0.2) is 14.7 Å². The Kier molecular flexibility index (Phi) is 12.3. The molecule has 2 aromatic carbocycles. The van der Waals surface area contributed by atoms with Crippen molar-refractivity contribution < 1.29 is 8.42 Å². The van der Waals surface area contributed by atoms with Crippen LogP contribution >= 0.6 is 0 Å². The minimum Gasteiger partial charge on any atom is -0.229 e. The third-order valence-corrected chi connectivity index (χ3v) is 4.06. The van der Waals surface area contributed by atoms with Crippen molar-refractivity contribution in [1.82, 2.24) is 0 Å². The van der Waals surface area contributed by atoms with Gasteiger partial charge < -0.3 is 0 Å². The summed E-state index contributed by atoms with van der Waals surface area (Å²) in [4.78, 5) is 0. The summed E-state index contributed by atoms with van der Waals surface area (Å²) in [6.45, 7) is 8.71. The van der Waals surface area contributed by atoms with Crippen LogP contribution in [0.15, 0.2) is 42.5 Å². The van der Waals surface area contributed by atoms with E-state index >= 15 is 0 Å². The first-order valence-electron chi connectivity index (χ1n) is 9.03. The molecule has 0 aliphatic heterocycles. The van der Waals surface area contributed by atoms with Crippen molar-refractivity contribution in [2.75, 3.05) is 6.26 Å². The van der Waals surface area contributed by atoms with E-state index in [1.54, 1.807) is 0 Å². The molecule has 0 N–H and O–H groups in total. The summed E-state index contributed by atoms with van der Waals surface area (Å²) in [5, 5.41) is 2.22. The van der Waals surface area contributed by atoms with Crippen molar-refractivity contribution in [2.24, 2.45) is 0 Å². The molecule has 0 fully saturated rings. The van der Waals surface area contributed by atoms with Crippen LogP contribution in [0.3, 0.4) is 0 Å². The van der Waals surface area contributed by atoms with Crippen molar-refractivity contribution >= 4 is 20.6 Å². The van der Waals surface area contributed by atoms with Crippen molar-refractivity contribution in [3.05, 3.63) is 48.0 Å². The zero-order chi connectivity index (χ0) is 18.4. The summed E-state index contributed by atoms with van der Waals surface area (Å²) in [6.07, 6.45) is 8.04. The molecule has 0 heterocycles. The van der Waals surface area contributed by atoms with Crippen molar-refractivity contribution in [2.45, 2.75) is 65.6 Å². The topological polar surface area (TPSA) is 34.1 Å². The van der Waals surface area contributed by atoms with Crippen molar-refractivity contribution in [3.63, 3.8) is 0 Å². The summed E-state index contributed by atoms with van der Waals surface area (Å²) in [5.41, 5.74) is 0.844. The quantitative estimate of drug-likeness (QED) is 0.586. The minimum absolute atomic E-state index is 0.109. The second-order valence-electron chi connectivity index (χ2n) is 6.17. The molecule has 136 valence electrons. The average molecular weight is 351 g/mol. The molecular formula is C21H34O2S. The fourth-order valence-corrected chi connectivity index (χ4v) is 2.92. The van der Waals surface area contributed by atoms with Gasteiger partial charge in [0.05, 0.1) is 5.75 Å². The number of unbranched alkanes of at least 4 members (excludes halogenated alkanes) is 3. The number of benzene rings is 2. The minimum atomic E-state index is -2.95. The molecule has 0 radical (unpaired) electrons. The fourth-order valence-electron chi connectivity index (χ4n) is 2.13. The second kappa shape index (κ2) is 13.0. The van der Waals surface area contributed by atoms with Gasteiger partial charge in [0.1, 0.15) is 0 Å². The molecule has 0 aromatic heterocycles. The van der Waals surface area contributed by atoms with E-state index in [-0.39, 0.29) is 5.75 Å². The van der Waals surface area contributed by atoms with Gasteiger partial charge in [-0.1, -0.05) is 102 Å². The van der Waals surface area contributed by atoms with Gasteiger partial charge in [-0.3, -0.25) is 0 Å². The summed E-state index contributed by atoms with van der Waals surface area (Å²) >= 11 is 0. The average Bonchev–Trinajstić information content (AvgIpc) is 2.52. The highest BCUT2D eigenvalue weighted by atomic mass is 32.2. The SMILES string of the molecule is CCC.CCCCCC.CS(=O)(=O)Cc1ccc2ccccc2c1. The summed E-state index contributed by atoms with van der Waals surface area (Å²) in [7, 11) is -2.95. The fraction of sp³-hybridized carbons (Fsp3) is 0.524. The van der Waals surface area contributed by atoms with E-state index in [1.165, 1.54) is 38.4 Å². The van der Waals surface area contributed by atoms with Crippen LogP contribution in [-0.2, 0) is 15.6 Å². The molecule has 0 aliphatic rings. The molecule has 0 unspecified atom stereocenters. The van der Waals surface area contributed by atoms with Gasteiger partial charge in [0.2, 0.25) is 0 Å². The van der Waals surface area contributed by atoms with E-state index in [1.807, 2.05) is 42.5 Å². The second-order valence-corrected chi connectivity index (χ2v) is 8.31. The molecule has 24 heavy (non-hydrogen) atoms. The number of hydrogen-bond acceptors (Lipinski definition) is 2. The van der Waals surface area contributed by atoms with Crippen molar-refractivity contribution in [1.29, 1.82) is 0 Å². The molecule has 0 saturated carbocycles. The molecule has 3 heteroatoms. The van der Waals surface area contributed by atoms with Gasteiger partial charge in [-0.25, -0.2) is 8.42 Å². The monoisotopic (exact) mass is 350 g/mol. The van der Waals surface area contributed by atoms with Gasteiger partial charge in [-0.2, -0.15) is 0 Å². The lowest BCUT2D eigenvalue weighted by atomic mass is 10.1. The number of sulfone groups is 1. The van der Waals surface area contributed by atoms with Gasteiger partial charge in [0, 0.05) is 6.26 Å². The third-order valence-electron chi connectivity index (χ3n) is 3.20. The Morgan fingerprint density at radius 1 is 0.792 bits per heavy atom. The van der Waals surface area contributed by atoms with E-state index in [9.17, 15) is 8.42 Å². The van der Waals surface area contributed by atoms with Gasteiger partial charge in [0.25, 0.3) is 0 Å². The lowest BCUT2D eigenvalue weighted by molar-refractivity contribution is 0.601. The number of hydrogen-bond donors (Lipinski definition) is 0. The van der Waals surface area contributed by atoms with Gasteiger partial charge in [-0.15, -0.1) is 0 Å². The smallest absolute Gasteiger partial charge is 0.151 e. The zero-order valence-corrected chi connectivity index (χ0v) is 16.8. The summed E-state index contributed by atoms with van der Waals surface area (Å²) in [6, 6.07) is 13.7. The molecule has 0 bridgehead atoms. The van der Waals surface area contributed by atoms with Gasteiger partial charge in [-0.05, 0) is 16.3 Å². The van der Waals surface area contributed by atoms with E-state index in [2.05, 4.69) is 27.7 Å². The molecule has 2 nitrogen and oxygen atoms in total. The summed E-state index contributed by atoms with van der Waals surface area (Å²) < 4.78 is 22.3. The van der Waals surface area contributed by atoms with Crippen LogP contribution in [0.25, 0.3) is 10.8 Å². The normalized spacial score (nSPS) is 10.4. The maximum atomic E-state index is 11.1. The van der Waals surface area contributed by atoms with Gasteiger partial charge in [0.15, 0.2) is 9.84 Å². The van der Waals surface area contributed by atoms with Crippen LogP contribution < -0.4 is 0 Å². The predicted molar refractivity (Wildman–Crippen MR) is 108 cm³/mol. The standard InChI is InChI=1S/C12H12O2S.C6H14.C3H8/c1-15(13,14)9-10-6-7-11-4-2-3-5-12(11)8-10;1-3-5-6-4-2;1-3-2/h2-8H,9H2,1H3;3-6H2,1-2H3;3H2,1-2H3. The highest BCUT2D eigenvalue weighted by Gasteiger charge is 2.04. The van der Waals surface area contributed by atoms with Gasteiger partial charge >= 0.3 is 0 Å². The Hall–Kier alpha value is -1.35. The van der Waals surface area contributed by atoms with Crippen LogP contribution in [0, 0.1) is 0 Å². The molecular weight excluding hydrogens is 316 g/mol. The van der Waals surface area contributed by atoms with E-state index in [4.69, 9.17) is 0 Å². The first-order valence-corrected chi connectivity index (χ1v) is 11.1. The van der Waals surface area contributed by atoms with Crippen LogP contribution in [0.1, 0.15) is 65.4 Å². The first kappa shape index (κ1) is 22.6. The zero-order valence-electron chi connectivity index (χ0n) is 16.0. The predicted octanol–water partition coefficient (Wildman–Crippen LogP) is 6.39. The molecule has 0 spiro atoms. The molecule has 0 amide bonds. The van der Waals surface area contributed by atoms with Crippen LogP contribution in [0.4, 0.5) is 0 Å². The highest BCUT2D eigenvalue weighted by Crippen LogP contribution is 2.16. The Balaban J connectivity index is 0.000000495. The summed E-state index contributed by atoms with van der Waals surface area (Å²) in [5.74, 6) is 0.109. The van der Waals surface area contributed by atoms with Crippen LogP contribution in [0.2, 0.25) is 0 Å². The highest BCUT2D eigenvalue weighted by molar-refractivity contribution is 7.89. The molecule has 2 rings (SSSR count). The molecule has 0 atom stereocenters.